The number of anilines is 2. The van der Waals surface area contributed by atoms with Gasteiger partial charge in [0.25, 0.3) is 0 Å². The standard InChI is InChI=1S/C11H3Cl3F3N5O4/c12-5-2-6(20-10(14)18-5)19-8-4(21(23)24)1-3(11(15,16)17)7(13)9(8)22(25)26/h1-2H,(H,18,19,20). The van der Waals surface area contributed by atoms with Crippen molar-refractivity contribution in [1.82, 2.24) is 9.97 Å². The third kappa shape index (κ3) is 4.03. The van der Waals surface area contributed by atoms with Gasteiger partial charge in [-0.2, -0.15) is 13.2 Å². The molecule has 0 amide bonds. The van der Waals surface area contributed by atoms with Crippen molar-refractivity contribution in [2.24, 2.45) is 0 Å². The summed E-state index contributed by atoms with van der Waals surface area (Å²) in [7, 11) is 0. The Morgan fingerprint density at radius 1 is 1.04 bits per heavy atom. The van der Waals surface area contributed by atoms with E-state index in [9.17, 15) is 33.4 Å². The fourth-order valence-corrected chi connectivity index (χ4v) is 2.59. The summed E-state index contributed by atoms with van der Waals surface area (Å²) < 4.78 is 39.0. The highest BCUT2D eigenvalue weighted by atomic mass is 35.5. The normalized spacial score (nSPS) is 11.3. The van der Waals surface area contributed by atoms with E-state index >= 15 is 0 Å². The van der Waals surface area contributed by atoms with Gasteiger partial charge in [0, 0.05) is 12.1 Å². The average Bonchev–Trinajstić information content (AvgIpc) is 2.43. The van der Waals surface area contributed by atoms with Gasteiger partial charge < -0.3 is 5.32 Å². The molecule has 138 valence electrons. The number of nitro benzene ring substituents is 2. The molecule has 0 fully saturated rings. The van der Waals surface area contributed by atoms with Crippen molar-refractivity contribution in [1.29, 1.82) is 0 Å². The molecule has 15 heteroatoms. The first-order valence-electron chi connectivity index (χ1n) is 6.11. The number of rotatable bonds is 4. The van der Waals surface area contributed by atoms with Crippen LogP contribution in [0.4, 0.5) is 36.1 Å². The molecule has 9 nitrogen and oxygen atoms in total. The van der Waals surface area contributed by atoms with E-state index in [1.807, 2.05) is 0 Å². The molecule has 1 aromatic carbocycles. The average molecular weight is 433 g/mol. The summed E-state index contributed by atoms with van der Waals surface area (Å²) in [5.41, 5.74) is -5.27. The summed E-state index contributed by atoms with van der Waals surface area (Å²) in [4.78, 5) is 26.9. The summed E-state index contributed by atoms with van der Waals surface area (Å²) in [6.07, 6.45) is -5.16. The first-order valence-corrected chi connectivity index (χ1v) is 7.24. The molecular weight excluding hydrogens is 430 g/mol. The van der Waals surface area contributed by atoms with Crippen LogP contribution in [0.5, 0.6) is 0 Å². The molecule has 0 aliphatic rings. The summed E-state index contributed by atoms with van der Waals surface area (Å²) in [5, 5.41) is 22.6. The molecule has 0 bridgehead atoms. The molecule has 0 unspecified atom stereocenters. The van der Waals surface area contributed by atoms with E-state index < -0.39 is 49.0 Å². The summed E-state index contributed by atoms with van der Waals surface area (Å²) >= 11 is 16.7. The minimum Gasteiger partial charge on any atom is -0.329 e. The predicted octanol–water partition coefficient (Wildman–Crippen LogP) is 5.02. The van der Waals surface area contributed by atoms with Gasteiger partial charge in [-0.15, -0.1) is 0 Å². The summed E-state index contributed by atoms with van der Waals surface area (Å²) in [6, 6.07) is 1.06. The molecule has 26 heavy (non-hydrogen) atoms. The van der Waals surface area contributed by atoms with Crippen LogP contribution in [0.3, 0.4) is 0 Å². The molecule has 0 radical (unpaired) electrons. The van der Waals surface area contributed by atoms with Crippen LogP contribution in [-0.4, -0.2) is 19.8 Å². The zero-order valence-corrected chi connectivity index (χ0v) is 14.1. The number of hydrogen-bond acceptors (Lipinski definition) is 7. The van der Waals surface area contributed by atoms with E-state index in [1.54, 1.807) is 0 Å². The summed E-state index contributed by atoms with van der Waals surface area (Å²) in [5.74, 6) is -0.336. The van der Waals surface area contributed by atoms with Crippen molar-refractivity contribution in [2.75, 3.05) is 5.32 Å². The molecule has 0 atom stereocenters. The number of nitro groups is 2. The second kappa shape index (κ2) is 7.05. The molecule has 2 rings (SSSR count). The van der Waals surface area contributed by atoms with E-state index in [4.69, 9.17) is 34.8 Å². The van der Waals surface area contributed by atoms with Crippen LogP contribution < -0.4 is 5.32 Å². The third-order valence-electron chi connectivity index (χ3n) is 2.82. The molecule has 1 N–H and O–H groups in total. The molecule has 0 spiro atoms. The molecule has 0 aliphatic carbocycles. The Balaban J connectivity index is 2.80. The van der Waals surface area contributed by atoms with Crippen molar-refractivity contribution < 1.29 is 23.0 Å². The van der Waals surface area contributed by atoms with Crippen molar-refractivity contribution in [2.45, 2.75) is 6.18 Å². The van der Waals surface area contributed by atoms with Crippen molar-refractivity contribution >= 4 is 57.7 Å². The van der Waals surface area contributed by atoms with Crippen LogP contribution in [0.1, 0.15) is 5.56 Å². The number of alkyl halides is 3. The van der Waals surface area contributed by atoms with Gasteiger partial charge in [-0.1, -0.05) is 23.2 Å². The minimum absolute atomic E-state index is 0.0715. The van der Waals surface area contributed by atoms with E-state index in [0.717, 1.165) is 6.07 Å². The SMILES string of the molecule is O=[N+]([O-])c1cc(C(F)(F)F)c(Cl)c([N+](=O)[O-])c1Nc1cc(Cl)nc(Cl)n1. The summed E-state index contributed by atoms with van der Waals surface area (Å²) in [6.45, 7) is 0. The maximum atomic E-state index is 13.0. The van der Waals surface area contributed by atoms with E-state index in [-0.39, 0.29) is 17.0 Å². The zero-order valence-electron chi connectivity index (χ0n) is 11.8. The Labute approximate surface area is 156 Å². The number of nitrogens with one attached hydrogen (secondary N) is 1. The van der Waals surface area contributed by atoms with Crippen LogP contribution >= 0.6 is 34.8 Å². The molecular formula is C11H3Cl3F3N5O4. The Kier molecular flexibility index (Phi) is 5.39. The monoisotopic (exact) mass is 431 g/mol. The van der Waals surface area contributed by atoms with Crippen LogP contribution in [0.15, 0.2) is 12.1 Å². The predicted molar refractivity (Wildman–Crippen MR) is 85.1 cm³/mol. The van der Waals surface area contributed by atoms with E-state index in [2.05, 4.69) is 15.3 Å². The highest BCUT2D eigenvalue weighted by Crippen LogP contribution is 2.48. The Morgan fingerprint density at radius 3 is 2.12 bits per heavy atom. The highest BCUT2D eigenvalue weighted by Gasteiger charge is 2.42. The second-order valence-corrected chi connectivity index (χ2v) is 5.57. The first kappa shape index (κ1) is 19.9. The second-order valence-electron chi connectivity index (χ2n) is 4.46. The Hall–Kier alpha value is -2.44. The van der Waals surface area contributed by atoms with Gasteiger partial charge in [-0.3, -0.25) is 20.2 Å². The first-order chi connectivity index (χ1) is 11.9. The highest BCUT2D eigenvalue weighted by molar-refractivity contribution is 6.34. The Bertz CT molecular complexity index is 905. The van der Waals surface area contributed by atoms with Gasteiger partial charge in [0.15, 0.2) is 5.69 Å². The fraction of sp³-hybridized carbons (Fsp3) is 0.0909. The van der Waals surface area contributed by atoms with Gasteiger partial charge in [-0.05, 0) is 11.6 Å². The number of halogens is 6. The molecule has 1 heterocycles. The Morgan fingerprint density at radius 2 is 1.65 bits per heavy atom. The zero-order chi connectivity index (χ0) is 19.8. The molecule has 0 saturated heterocycles. The quantitative estimate of drug-likeness (QED) is 0.311. The van der Waals surface area contributed by atoms with E-state index in [0.29, 0.717) is 0 Å². The van der Waals surface area contributed by atoms with Crippen LogP contribution in [0.2, 0.25) is 15.5 Å². The van der Waals surface area contributed by atoms with Crippen molar-refractivity contribution in [3.05, 3.63) is 53.4 Å². The molecule has 0 aliphatic heterocycles. The van der Waals surface area contributed by atoms with Gasteiger partial charge in [0.2, 0.25) is 5.28 Å². The maximum absolute atomic E-state index is 13.0. The molecule has 0 saturated carbocycles. The fourth-order valence-electron chi connectivity index (χ4n) is 1.86. The molecule has 2 aromatic rings. The number of hydrogen-bond donors (Lipinski definition) is 1. The van der Waals surface area contributed by atoms with Crippen LogP contribution in [0.25, 0.3) is 0 Å². The smallest absolute Gasteiger partial charge is 0.329 e. The lowest BCUT2D eigenvalue weighted by Crippen LogP contribution is -2.11. The van der Waals surface area contributed by atoms with Crippen LogP contribution in [-0.2, 0) is 6.18 Å². The third-order valence-corrected chi connectivity index (χ3v) is 3.57. The lowest BCUT2D eigenvalue weighted by Gasteiger charge is -2.13. The lowest BCUT2D eigenvalue weighted by molar-refractivity contribution is -0.392. The largest absolute Gasteiger partial charge is 0.418 e. The topological polar surface area (TPSA) is 124 Å². The van der Waals surface area contributed by atoms with Gasteiger partial charge in [-0.25, -0.2) is 9.97 Å². The van der Waals surface area contributed by atoms with Gasteiger partial charge >= 0.3 is 17.6 Å². The molecule has 1 aromatic heterocycles. The maximum Gasteiger partial charge on any atom is 0.418 e. The van der Waals surface area contributed by atoms with E-state index in [1.165, 1.54) is 0 Å². The lowest BCUT2D eigenvalue weighted by atomic mass is 10.1. The van der Waals surface area contributed by atoms with Crippen LogP contribution in [0, 0.1) is 20.2 Å². The number of aromatic nitrogens is 2. The van der Waals surface area contributed by atoms with Gasteiger partial charge in [0.05, 0.1) is 15.4 Å². The number of benzene rings is 1. The van der Waals surface area contributed by atoms with Crippen molar-refractivity contribution in [3.63, 3.8) is 0 Å². The van der Waals surface area contributed by atoms with Crippen molar-refractivity contribution in [3.8, 4) is 0 Å². The van der Waals surface area contributed by atoms with Gasteiger partial charge in [0.1, 0.15) is 16.0 Å². The number of nitrogens with zero attached hydrogens (tertiary/aromatic N) is 4. The minimum atomic E-state index is -5.16.